The maximum Gasteiger partial charge on any atom is 0.408 e. The minimum absolute atomic E-state index is 0.0418. The number of morpholine rings is 1. The number of hydrogen-bond acceptors (Lipinski definition) is 6. The molecule has 2 amide bonds. The van der Waals surface area contributed by atoms with Crippen molar-refractivity contribution >= 4 is 21.8 Å². The van der Waals surface area contributed by atoms with Crippen LogP contribution in [-0.2, 0) is 30.7 Å². The van der Waals surface area contributed by atoms with E-state index in [-0.39, 0.29) is 36.9 Å². The van der Waals surface area contributed by atoms with Gasteiger partial charge in [0.25, 0.3) is 0 Å². The molecule has 0 bridgehead atoms. The van der Waals surface area contributed by atoms with Crippen LogP contribution in [0.3, 0.4) is 0 Å². The van der Waals surface area contributed by atoms with Gasteiger partial charge in [-0.1, -0.05) is 60.7 Å². The van der Waals surface area contributed by atoms with Gasteiger partial charge in [-0.25, -0.2) is 13.2 Å². The minimum Gasteiger partial charge on any atom is -0.445 e. The summed E-state index contributed by atoms with van der Waals surface area (Å²) in [5.41, 5.74) is 1.75. The Labute approximate surface area is 194 Å². The largest absolute Gasteiger partial charge is 0.445 e. The van der Waals surface area contributed by atoms with Crippen molar-refractivity contribution in [2.75, 3.05) is 25.1 Å². The number of benzene rings is 2. The van der Waals surface area contributed by atoms with Crippen molar-refractivity contribution in [2.24, 2.45) is 0 Å². The number of carbonyl (C=O) groups excluding carboxylic acids is 2. The van der Waals surface area contributed by atoms with Crippen molar-refractivity contribution in [2.45, 2.75) is 38.2 Å². The summed E-state index contributed by atoms with van der Waals surface area (Å²) in [6.07, 6.45) is -0.232. The number of alkyl carbamates (subject to hydrolysis) is 1. The average Bonchev–Trinajstić information content (AvgIpc) is 2.80. The van der Waals surface area contributed by atoms with Gasteiger partial charge in [0.15, 0.2) is 0 Å². The first kappa shape index (κ1) is 24.7. The normalized spacial score (nSPS) is 19.5. The number of rotatable bonds is 8. The summed E-state index contributed by atoms with van der Waals surface area (Å²) < 4.78 is 34.7. The minimum atomic E-state index is -3.33. The topological polar surface area (TPSA) is 102 Å². The van der Waals surface area contributed by atoms with Gasteiger partial charge in [0.05, 0.1) is 18.4 Å². The van der Waals surface area contributed by atoms with E-state index >= 15 is 0 Å². The van der Waals surface area contributed by atoms with Gasteiger partial charge < -0.3 is 19.7 Å². The summed E-state index contributed by atoms with van der Waals surface area (Å²) >= 11 is 0. The van der Waals surface area contributed by atoms with E-state index in [0.717, 1.165) is 17.4 Å². The highest BCUT2D eigenvalue weighted by molar-refractivity contribution is 7.90. The molecule has 2 aromatic rings. The van der Waals surface area contributed by atoms with Crippen LogP contribution in [0, 0.1) is 0 Å². The zero-order valence-corrected chi connectivity index (χ0v) is 19.7. The van der Waals surface area contributed by atoms with Crippen LogP contribution in [0.2, 0.25) is 0 Å². The van der Waals surface area contributed by atoms with E-state index < -0.39 is 22.0 Å². The molecule has 0 spiro atoms. The Morgan fingerprint density at radius 3 is 2.36 bits per heavy atom. The lowest BCUT2D eigenvalue weighted by molar-refractivity contribution is -0.147. The number of ether oxygens (including phenoxy) is 2. The van der Waals surface area contributed by atoms with Crippen molar-refractivity contribution in [1.82, 2.24) is 10.2 Å². The zero-order chi connectivity index (χ0) is 23.8. The van der Waals surface area contributed by atoms with Gasteiger partial charge in [-0.2, -0.15) is 0 Å². The van der Waals surface area contributed by atoms with Gasteiger partial charge in [0.1, 0.15) is 28.6 Å². The number of hydrogen-bond donors (Lipinski definition) is 1. The molecule has 8 nitrogen and oxygen atoms in total. The maximum atomic E-state index is 13.4. The molecule has 0 aromatic heterocycles. The van der Waals surface area contributed by atoms with Gasteiger partial charge in [0.2, 0.25) is 5.91 Å². The molecule has 1 saturated heterocycles. The molecule has 1 N–H and O–H groups in total. The summed E-state index contributed by atoms with van der Waals surface area (Å²) in [6.45, 7) is 2.58. The molecule has 1 heterocycles. The molecule has 3 rings (SSSR count). The first-order chi connectivity index (χ1) is 15.7. The van der Waals surface area contributed by atoms with Crippen LogP contribution >= 0.6 is 0 Å². The molecule has 3 unspecified atom stereocenters. The molecule has 9 heteroatoms. The van der Waals surface area contributed by atoms with E-state index in [1.54, 1.807) is 4.90 Å². The number of amides is 2. The Morgan fingerprint density at radius 1 is 1.09 bits per heavy atom. The van der Waals surface area contributed by atoms with Crippen LogP contribution in [0.15, 0.2) is 60.7 Å². The highest BCUT2D eigenvalue weighted by atomic mass is 32.2. The Hall–Kier alpha value is -2.91. The highest BCUT2D eigenvalue weighted by Crippen LogP contribution is 2.25. The van der Waals surface area contributed by atoms with E-state index in [0.29, 0.717) is 13.1 Å². The van der Waals surface area contributed by atoms with Crippen molar-refractivity contribution < 1.29 is 27.5 Å². The fraction of sp³-hybridized carbons (Fsp3) is 0.417. The Balaban J connectivity index is 1.68. The summed E-state index contributed by atoms with van der Waals surface area (Å²) in [5.74, 6) is -0.587. The molecule has 33 heavy (non-hydrogen) atoms. The molecule has 1 aliphatic heterocycles. The molecule has 3 atom stereocenters. The van der Waals surface area contributed by atoms with Crippen LogP contribution in [0.1, 0.15) is 30.6 Å². The zero-order valence-electron chi connectivity index (χ0n) is 18.8. The van der Waals surface area contributed by atoms with E-state index in [1.807, 2.05) is 67.6 Å². The van der Waals surface area contributed by atoms with E-state index in [1.165, 1.54) is 0 Å². The van der Waals surface area contributed by atoms with Gasteiger partial charge in [-0.15, -0.1) is 0 Å². The fourth-order valence-corrected chi connectivity index (χ4v) is 4.36. The van der Waals surface area contributed by atoms with Crippen molar-refractivity contribution in [1.29, 1.82) is 0 Å². The van der Waals surface area contributed by atoms with Crippen molar-refractivity contribution in [3.63, 3.8) is 0 Å². The van der Waals surface area contributed by atoms with Crippen LogP contribution in [-0.4, -0.2) is 62.6 Å². The van der Waals surface area contributed by atoms with Gasteiger partial charge in [0, 0.05) is 12.8 Å². The van der Waals surface area contributed by atoms with Crippen LogP contribution in [0.4, 0.5) is 4.79 Å². The molecule has 0 aliphatic carbocycles. The van der Waals surface area contributed by atoms with Crippen LogP contribution in [0.25, 0.3) is 0 Å². The van der Waals surface area contributed by atoms with Gasteiger partial charge in [-0.3, -0.25) is 4.79 Å². The second-order valence-corrected chi connectivity index (χ2v) is 10.5. The lowest BCUT2D eigenvalue weighted by atomic mass is 10.1. The lowest BCUT2D eigenvalue weighted by Gasteiger charge is -2.38. The van der Waals surface area contributed by atoms with Gasteiger partial charge in [-0.05, 0) is 24.5 Å². The highest BCUT2D eigenvalue weighted by Gasteiger charge is 2.34. The lowest BCUT2D eigenvalue weighted by Crippen LogP contribution is -2.54. The van der Waals surface area contributed by atoms with E-state index in [2.05, 4.69) is 5.32 Å². The van der Waals surface area contributed by atoms with Crippen LogP contribution < -0.4 is 5.32 Å². The molecule has 1 fully saturated rings. The molecule has 2 aromatic carbocycles. The summed E-state index contributed by atoms with van der Waals surface area (Å²) in [7, 11) is -3.33. The number of sulfone groups is 1. The third kappa shape index (κ3) is 7.87. The standard InChI is InChI=1S/C24H30N2O6S/c1-18-15-26(16-22(32-18)20-11-7-4-8-12-20)23(27)21(13-14-33(2,29)30)25-24(28)31-17-19-9-5-3-6-10-19/h3-12,18,21-22H,13-17H2,1-2H3,(H,25,28). The van der Waals surface area contributed by atoms with Gasteiger partial charge >= 0.3 is 6.09 Å². The molecule has 1 aliphatic rings. The second kappa shape index (κ2) is 11.3. The third-order valence-corrected chi connectivity index (χ3v) is 6.30. The predicted octanol–water partition coefficient (Wildman–Crippen LogP) is 2.70. The Kier molecular flexibility index (Phi) is 8.46. The smallest absolute Gasteiger partial charge is 0.408 e. The predicted molar refractivity (Wildman–Crippen MR) is 124 cm³/mol. The van der Waals surface area contributed by atoms with E-state index in [9.17, 15) is 18.0 Å². The monoisotopic (exact) mass is 474 g/mol. The summed E-state index contributed by atoms with van der Waals surface area (Å²) in [6, 6.07) is 17.7. The Bertz CT molecular complexity index is 1030. The second-order valence-electron chi connectivity index (χ2n) is 8.27. The number of nitrogens with one attached hydrogen (secondary N) is 1. The maximum absolute atomic E-state index is 13.4. The molecular weight excluding hydrogens is 444 g/mol. The molecule has 0 saturated carbocycles. The fourth-order valence-electron chi connectivity index (χ4n) is 3.70. The molecule has 178 valence electrons. The van der Waals surface area contributed by atoms with Crippen molar-refractivity contribution in [3.8, 4) is 0 Å². The van der Waals surface area contributed by atoms with Crippen molar-refractivity contribution in [3.05, 3.63) is 71.8 Å². The third-order valence-electron chi connectivity index (χ3n) is 5.32. The SMILES string of the molecule is CC1CN(C(=O)C(CCS(C)(=O)=O)NC(=O)OCc2ccccc2)CC(c2ccccc2)O1. The number of carbonyl (C=O) groups is 2. The first-order valence-corrected chi connectivity index (χ1v) is 12.9. The summed E-state index contributed by atoms with van der Waals surface area (Å²) in [5, 5.41) is 2.57. The molecule has 0 radical (unpaired) electrons. The quantitative estimate of drug-likeness (QED) is 0.631. The van der Waals surface area contributed by atoms with E-state index in [4.69, 9.17) is 9.47 Å². The molecular formula is C24H30N2O6S. The Morgan fingerprint density at radius 2 is 1.73 bits per heavy atom. The van der Waals surface area contributed by atoms with Crippen LogP contribution in [0.5, 0.6) is 0 Å². The average molecular weight is 475 g/mol. The first-order valence-electron chi connectivity index (χ1n) is 10.9. The number of nitrogens with zero attached hydrogens (tertiary/aromatic N) is 1. The summed E-state index contributed by atoms with van der Waals surface area (Å²) in [4.78, 5) is 27.4.